The van der Waals surface area contributed by atoms with Crippen molar-refractivity contribution in [3.05, 3.63) is 100.0 Å². The van der Waals surface area contributed by atoms with Gasteiger partial charge in [0.05, 0.1) is 29.8 Å². The average Bonchev–Trinajstić information content (AvgIpc) is 3.44. The number of unbranched alkanes of at least 4 members (excludes halogenated alkanes) is 2. The number of aromatic nitrogens is 2. The molecule has 0 radical (unpaired) electrons. The van der Waals surface area contributed by atoms with Crippen LogP contribution in [0.4, 0.5) is 5.69 Å². The summed E-state index contributed by atoms with van der Waals surface area (Å²) in [6.07, 6.45) is 3.69. The van der Waals surface area contributed by atoms with E-state index in [-0.39, 0.29) is 42.9 Å². The van der Waals surface area contributed by atoms with Gasteiger partial charge in [-0.3, -0.25) is 14.2 Å². The molecule has 0 aliphatic carbocycles. The van der Waals surface area contributed by atoms with E-state index in [1.54, 1.807) is 0 Å². The highest BCUT2D eigenvalue weighted by Gasteiger charge is 2.34. The zero-order chi connectivity index (χ0) is 33.5. The lowest BCUT2D eigenvalue weighted by atomic mass is 9.98. The Balaban J connectivity index is 1.11. The third-order valence-corrected chi connectivity index (χ3v) is 9.36. The van der Waals surface area contributed by atoms with E-state index in [2.05, 4.69) is 15.2 Å². The number of anilines is 1. The number of carboxylic acid groups (broad SMARTS) is 1. The number of aliphatic carboxylic acids is 1. The molecule has 6 rings (SSSR count). The number of likely N-dealkylation sites (tertiary alicyclic amines) is 1. The van der Waals surface area contributed by atoms with E-state index in [1.165, 1.54) is 0 Å². The van der Waals surface area contributed by atoms with E-state index in [0.29, 0.717) is 37.8 Å². The van der Waals surface area contributed by atoms with E-state index >= 15 is 0 Å². The number of hydrogen-bond donors (Lipinski definition) is 4. The first-order valence-electron chi connectivity index (χ1n) is 16.9. The SMILES string of the molecule is O=C(O)CCCCCC(=O)Nc1cccc([C@H]2O[C@@H](CN3CCC(n4c(=O)[nH]c5ccccc54)CC3)C[C@@H](c3ccc(CO)cc3)O2)c1. The van der Waals surface area contributed by atoms with E-state index in [9.17, 15) is 19.5 Å². The van der Waals surface area contributed by atoms with Gasteiger partial charge >= 0.3 is 11.7 Å². The second kappa shape index (κ2) is 15.7. The number of benzene rings is 3. The van der Waals surface area contributed by atoms with Crippen molar-refractivity contribution in [3.63, 3.8) is 0 Å². The van der Waals surface area contributed by atoms with Gasteiger partial charge in [0.25, 0.3) is 0 Å². The number of nitrogens with zero attached hydrogens (tertiary/aromatic N) is 2. The highest BCUT2D eigenvalue weighted by molar-refractivity contribution is 5.90. The molecule has 0 unspecified atom stereocenters. The van der Waals surface area contributed by atoms with E-state index in [1.807, 2.05) is 77.4 Å². The topological polar surface area (TPSA) is 146 Å². The number of aromatic amines is 1. The number of aliphatic hydroxyl groups is 1. The minimum Gasteiger partial charge on any atom is -0.481 e. The minimum absolute atomic E-state index is 0.0262. The fraction of sp³-hybridized carbons (Fsp3) is 0.432. The maximum absolute atomic E-state index is 12.8. The van der Waals surface area contributed by atoms with Gasteiger partial charge in [0.2, 0.25) is 5.91 Å². The number of hydrogen-bond acceptors (Lipinski definition) is 7. The Morgan fingerprint density at radius 3 is 2.44 bits per heavy atom. The van der Waals surface area contributed by atoms with Crippen LogP contribution in [-0.4, -0.2) is 62.3 Å². The van der Waals surface area contributed by atoms with Crippen LogP contribution in [0.2, 0.25) is 0 Å². The van der Waals surface area contributed by atoms with Crippen LogP contribution >= 0.6 is 0 Å². The van der Waals surface area contributed by atoms with Crippen molar-refractivity contribution in [2.24, 2.45) is 0 Å². The summed E-state index contributed by atoms with van der Waals surface area (Å²) in [5, 5.41) is 21.3. The van der Waals surface area contributed by atoms with Gasteiger partial charge in [-0.25, -0.2) is 4.79 Å². The van der Waals surface area contributed by atoms with Crippen LogP contribution in [-0.2, 0) is 25.7 Å². The smallest absolute Gasteiger partial charge is 0.326 e. The number of carbonyl (C=O) groups is 2. The Labute approximate surface area is 279 Å². The highest BCUT2D eigenvalue weighted by Crippen LogP contribution is 2.39. The summed E-state index contributed by atoms with van der Waals surface area (Å²) in [6.45, 7) is 2.38. The summed E-state index contributed by atoms with van der Waals surface area (Å²) >= 11 is 0. The average molecular weight is 657 g/mol. The highest BCUT2D eigenvalue weighted by atomic mass is 16.7. The molecule has 1 amide bonds. The fourth-order valence-corrected chi connectivity index (χ4v) is 6.84. The van der Waals surface area contributed by atoms with Crippen molar-refractivity contribution in [1.29, 1.82) is 0 Å². The Morgan fingerprint density at radius 2 is 1.67 bits per heavy atom. The third-order valence-electron chi connectivity index (χ3n) is 9.36. The number of H-pyrrole nitrogens is 1. The molecule has 4 N–H and O–H groups in total. The number of nitrogens with one attached hydrogen (secondary N) is 2. The summed E-state index contributed by atoms with van der Waals surface area (Å²) in [5.74, 6) is -0.940. The predicted octanol–water partition coefficient (Wildman–Crippen LogP) is 5.68. The number of rotatable bonds is 13. The maximum Gasteiger partial charge on any atom is 0.326 e. The molecule has 2 aliphatic rings. The largest absolute Gasteiger partial charge is 0.481 e. The molecule has 3 heterocycles. The summed E-state index contributed by atoms with van der Waals surface area (Å²) < 4.78 is 15.0. The van der Waals surface area contributed by atoms with Crippen LogP contribution in [0, 0.1) is 0 Å². The first-order chi connectivity index (χ1) is 23.4. The van der Waals surface area contributed by atoms with Crippen molar-refractivity contribution in [2.75, 3.05) is 25.0 Å². The molecule has 0 saturated carbocycles. The zero-order valence-electron chi connectivity index (χ0n) is 27.1. The Hall–Kier alpha value is -4.29. The van der Waals surface area contributed by atoms with Crippen LogP contribution in [0.15, 0.2) is 77.6 Å². The van der Waals surface area contributed by atoms with E-state index in [0.717, 1.165) is 60.2 Å². The molecule has 4 aromatic rings. The first kappa shape index (κ1) is 33.6. The molecule has 0 spiro atoms. The lowest BCUT2D eigenvalue weighted by molar-refractivity contribution is -0.253. The van der Waals surface area contributed by atoms with Crippen LogP contribution < -0.4 is 11.0 Å². The number of amides is 1. The first-order valence-corrected chi connectivity index (χ1v) is 16.9. The van der Waals surface area contributed by atoms with Gasteiger partial charge in [0.15, 0.2) is 6.29 Å². The quantitative estimate of drug-likeness (QED) is 0.135. The Morgan fingerprint density at radius 1 is 0.896 bits per heavy atom. The van der Waals surface area contributed by atoms with Crippen LogP contribution in [0.3, 0.4) is 0 Å². The molecular weight excluding hydrogens is 612 g/mol. The third kappa shape index (κ3) is 8.40. The monoisotopic (exact) mass is 656 g/mol. The lowest BCUT2D eigenvalue weighted by Crippen LogP contribution is -2.43. The van der Waals surface area contributed by atoms with Crippen LogP contribution in [0.5, 0.6) is 0 Å². The molecule has 48 heavy (non-hydrogen) atoms. The second-order valence-electron chi connectivity index (χ2n) is 12.8. The fourth-order valence-electron chi connectivity index (χ4n) is 6.84. The molecule has 11 nitrogen and oxygen atoms in total. The van der Waals surface area contributed by atoms with Crippen LogP contribution in [0.1, 0.15) is 86.5 Å². The summed E-state index contributed by atoms with van der Waals surface area (Å²) in [6, 6.07) is 23.3. The number of para-hydroxylation sites is 2. The van der Waals surface area contributed by atoms with Gasteiger partial charge in [0.1, 0.15) is 0 Å². The number of aliphatic hydroxyl groups excluding tert-OH is 1. The van der Waals surface area contributed by atoms with Gasteiger partial charge in [-0.05, 0) is 61.1 Å². The summed E-state index contributed by atoms with van der Waals surface area (Å²) in [5.41, 5.74) is 5.04. The Kier molecular flexibility index (Phi) is 11.0. The van der Waals surface area contributed by atoms with Crippen molar-refractivity contribution in [2.45, 2.75) is 82.5 Å². The molecular formula is C37H44N4O7. The second-order valence-corrected chi connectivity index (χ2v) is 12.8. The zero-order valence-corrected chi connectivity index (χ0v) is 27.1. The predicted molar refractivity (Wildman–Crippen MR) is 181 cm³/mol. The molecule has 2 saturated heterocycles. The number of carbonyl (C=O) groups excluding carboxylic acids is 1. The molecule has 254 valence electrons. The van der Waals surface area contributed by atoms with Crippen LogP contribution in [0.25, 0.3) is 11.0 Å². The summed E-state index contributed by atoms with van der Waals surface area (Å²) in [4.78, 5) is 41.5. The molecule has 2 aliphatic heterocycles. The normalized spacial score (nSPS) is 20.6. The van der Waals surface area contributed by atoms with E-state index < -0.39 is 12.3 Å². The lowest BCUT2D eigenvalue weighted by Gasteiger charge is -2.40. The van der Waals surface area contributed by atoms with Crippen molar-refractivity contribution in [1.82, 2.24) is 14.5 Å². The standard InChI is InChI=1S/C37H44N4O7/c42-24-25-13-15-26(16-14-25)33-22-30(23-40-19-17-29(18-20-40)41-32-10-5-4-9-31(32)39-37(41)46)47-36(48-33)27-7-6-8-28(21-27)38-34(43)11-2-1-3-12-35(44)45/h4-10,13-16,21,29-30,33,36,42H,1-3,11-12,17-20,22-24H2,(H,38,43)(H,39,46)(H,44,45)/t30-,33+,36+/m1/s1. The number of imidazole rings is 1. The molecule has 3 atom stereocenters. The van der Waals surface area contributed by atoms with Crippen molar-refractivity contribution >= 4 is 28.6 Å². The maximum atomic E-state index is 12.8. The molecule has 11 heteroatoms. The molecule has 1 aromatic heterocycles. The number of fused-ring (bicyclic) bond motifs is 1. The summed E-state index contributed by atoms with van der Waals surface area (Å²) in [7, 11) is 0. The van der Waals surface area contributed by atoms with Gasteiger partial charge in [-0.2, -0.15) is 0 Å². The van der Waals surface area contributed by atoms with Crippen molar-refractivity contribution < 1.29 is 29.3 Å². The number of piperidine rings is 1. The van der Waals surface area contributed by atoms with Gasteiger partial charge in [-0.1, -0.05) is 55.0 Å². The molecule has 3 aromatic carbocycles. The minimum atomic E-state index is -0.820. The Bertz CT molecular complexity index is 1740. The van der Waals surface area contributed by atoms with Gasteiger partial charge < -0.3 is 34.9 Å². The van der Waals surface area contributed by atoms with Crippen molar-refractivity contribution in [3.8, 4) is 0 Å². The molecule has 0 bridgehead atoms. The molecule has 2 fully saturated rings. The number of ether oxygens (including phenoxy) is 2. The van der Waals surface area contributed by atoms with Gasteiger partial charge in [-0.15, -0.1) is 0 Å². The van der Waals surface area contributed by atoms with E-state index in [4.69, 9.17) is 14.6 Å². The van der Waals surface area contributed by atoms with Gasteiger partial charge in [0, 0.05) is 56.2 Å². The number of carboxylic acids is 1.